The highest BCUT2D eigenvalue weighted by Crippen LogP contribution is 2.55. The molecule has 7 heteroatoms. The Morgan fingerprint density at radius 3 is 1.57 bits per heavy atom. The van der Waals surface area contributed by atoms with Gasteiger partial charge in [0.2, 0.25) is 5.69 Å². The van der Waals surface area contributed by atoms with Gasteiger partial charge in [0.15, 0.2) is 11.2 Å². The Labute approximate surface area is 403 Å². The van der Waals surface area contributed by atoms with Crippen LogP contribution in [0.5, 0.6) is 0 Å². The Balaban J connectivity index is 1.27. The normalized spacial score (nSPS) is 12.0. The smallest absolute Gasteiger partial charge is 0.220 e. The summed E-state index contributed by atoms with van der Waals surface area (Å²) in [5.41, 5.74) is 12.7. The molecule has 0 fully saturated rings. The molecule has 0 radical (unpaired) electrons. The van der Waals surface area contributed by atoms with Crippen LogP contribution in [0.25, 0.3) is 146 Å². The zero-order valence-electron chi connectivity index (χ0n) is 37.4. The lowest BCUT2D eigenvalue weighted by Crippen LogP contribution is -2.09. The topological polar surface area (TPSA) is 64.3 Å². The zero-order valence-corrected chi connectivity index (χ0v) is 38.2. The zero-order chi connectivity index (χ0) is 46.4. The lowest BCUT2D eigenvalue weighted by atomic mass is 9.88. The summed E-state index contributed by atoms with van der Waals surface area (Å²) in [6, 6.07) is 67.6. The maximum Gasteiger partial charge on any atom is 0.220 e. The van der Waals surface area contributed by atoms with E-state index in [1.807, 2.05) is 84.9 Å². The SMILES string of the molecule is [C-]#[N+]c1c(-c2ccccc2)c(C#N)c(-n2c3ccccc3c3ccc4c5cccc(C)c5sc4c32)c(-c2ccccc2)c1-n1c2c(ccc3c4ccccc4oc32)c2ccc3c4ccccc4oc3c21. The maximum absolute atomic E-state index is 12.1. The number of aryl methyl sites for hydroxylation is 1. The van der Waals surface area contributed by atoms with Crippen molar-refractivity contribution < 1.29 is 8.83 Å². The number of fused-ring (bicyclic) bond motifs is 18. The summed E-state index contributed by atoms with van der Waals surface area (Å²) in [5.74, 6) is 0. The van der Waals surface area contributed by atoms with Crippen LogP contribution in [0.1, 0.15) is 11.1 Å². The molecule has 0 unspecified atom stereocenters. The van der Waals surface area contributed by atoms with Crippen LogP contribution in [0.3, 0.4) is 0 Å². The number of rotatable bonds is 4. The molecule has 0 aliphatic rings. The van der Waals surface area contributed by atoms with E-state index in [9.17, 15) is 11.8 Å². The van der Waals surface area contributed by atoms with Crippen molar-refractivity contribution in [2.45, 2.75) is 6.92 Å². The van der Waals surface area contributed by atoms with Crippen molar-refractivity contribution in [3.63, 3.8) is 0 Å². The first-order valence-electron chi connectivity index (χ1n) is 23.3. The molecule has 0 spiro atoms. The number of hydrogen-bond donors (Lipinski definition) is 0. The van der Waals surface area contributed by atoms with E-state index in [0.29, 0.717) is 39.4 Å². The van der Waals surface area contributed by atoms with Gasteiger partial charge in [0, 0.05) is 69.7 Å². The quantitative estimate of drug-likeness (QED) is 0.165. The molecule has 15 rings (SSSR count). The van der Waals surface area contributed by atoms with Crippen LogP contribution in [0, 0.1) is 24.8 Å². The van der Waals surface area contributed by atoms with Gasteiger partial charge in [-0.3, -0.25) is 0 Å². The lowest BCUT2D eigenvalue weighted by Gasteiger charge is -2.25. The molecule has 10 aromatic carbocycles. The number of nitrogens with zero attached hydrogens (tertiary/aromatic N) is 4. The predicted molar refractivity (Wildman–Crippen MR) is 289 cm³/mol. The number of thiophene rings is 1. The van der Waals surface area contributed by atoms with E-state index in [2.05, 4.69) is 130 Å². The van der Waals surface area contributed by atoms with Crippen LogP contribution >= 0.6 is 11.3 Å². The fourth-order valence-corrected chi connectivity index (χ4v) is 12.9. The number of benzene rings is 10. The third kappa shape index (κ3) is 5.03. The van der Waals surface area contributed by atoms with Gasteiger partial charge < -0.3 is 18.0 Å². The molecule has 0 aliphatic heterocycles. The lowest BCUT2D eigenvalue weighted by molar-refractivity contribution is 0.669. The summed E-state index contributed by atoms with van der Waals surface area (Å²) in [7, 11) is 0. The fourth-order valence-electron chi connectivity index (χ4n) is 11.6. The van der Waals surface area contributed by atoms with E-state index in [-0.39, 0.29) is 0 Å². The fraction of sp³-hybridized carbons (Fsp3) is 0.0159. The molecule has 0 aliphatic carbocycles. The Hall–Kier alpha value is -9.40. The molecule has 0 amide bonds. The van der Waals surface area contributed by atoms with Crippen molar-refractivity contribution in [2.24, 2.45) is 0 Å². The van der Waals surface area contributed by atoms with Gasteiger partial charge in [-0.2, -0.15) is 5.26 Å². The second kappa shape index (κ2) is 14.3. The molecule has 5 aromatic heterocycles. The minimum atomic E-state index is 0.341. The summed E-state index contributed by atoms with van der Waals surface area (Å²) >= 11 is 1.80. The number of para-hydroxylation sites is 3. The Morgan fingerprint density at radius 2 is 0.957 bits per heavy atom. The highest BCUT2D eigenvalue weighted by Gasteiger charge is 2.34. The summed E-state index contributed by atoms with van der Waals surface area (Å²) in [6.45, 7) is 11.7. The minimum absolute atomic E-state index is 0.341. The number of hydrogen-bond acceptors (Lipinski definition) is 4. The first-order valence-corrected chi connectivity index (χ1v) is 24.1. The van der Waals surface area contributed by atoms with Crippen LogP contribution in [0.15, 0.2) is 197 Å². The van der Waals surface area contributed by atoms with Gasteiger partial charge in [-0.1, -0.05) is 158 Å². The molecule has 0 N–H and O–H groups in total. The van der Waals surface area contributed by atoms with Crippen LogP contribution in [0.4, 0.5) is 5.69 Å². The molecule has 0 saturated heterocycles. The molecule has 324 valence electrons. The van der Waals surface area contributed by atoms with Gasteiger partial charge >= 0.3 is 0 Å². The van der Waals surface area contributed by atoms with E-state index in [1.54, 1.807) is 11.3 Å². The van der Waals surface area contributed by atoms with Gasteiger partial charge in [-0.25, -0.2) is 4.85 Å². The second-order valence-electron chi connectivity index (χ2n) is 18.1. The predicted octanol–water partition coefficient (Wildman–Crippen LogP) is 18.1. The largest absolute Gasteiger partial charge is 0.454 e. The summed E-state index contributed by atoms with van der Waals surface area (Å²) < 4.78 is 21.0. The van der Waals surface area contributed by atoms with Crippen LogP contribution in [-0.2, 0) is 0 Å². The molecular formula is C63H34N4O2S. The number of aromatic nitrogens is 2. The van der Waals surface area contributed by atoms with Crippen molar-refractivity contribution in [3.05, 3.63) is 211 Å². The highest BCUT2D eigenvalue weighted by atomic mass is 32.1. The van der Waals surface area contributed by atoms with Crippen molar-refractivity contribution in [3.8, 4) is 39.7 Å². The number of furan rings is 2. The minimum Gasteiger partial charge on any atom is -0.454 e. The Kier molecular flexibility index (Phi) is 7.91. The summed E-state index contributed by atoms with van der Waals surface area (Å²) in [6.07, 6.45) is 0. The van der Waals surface area contributed by atoms with Crippen LogP contribution in [-0.4, -0.2) is 9.13 Å². The highest BCUT2D eigenvalue weighted by molar-refractivity contribution is 7.26. The third-order valence-electron chi connectivity index (χ3n) is 14.5. The van der Waals surface area contributed by atoms with Crippen LogP contribution < -0.4 is 0 Å². The van der Waals surface area contributed by atoms with Gasteiger partial charge in [0.05, 0.1) is 50.3 Å². The number of nitriles is 1. The maximum atomic E-state index is 12.1. The Bertz CT molecular complexity index is 4730. The Morgan fingerprint density at radius 1 is 0.457 bits per heavy atom. The van der Waals surface area contributed by atoms with Crippen molar-refractivity contribution in [1.82, 2.24) is 9.13 Å². The summed E-state index contributed by atoms with van der Waals surface area (Å²) in [5, 5.41) is 22.4. The van der Waals surface area contributed by atoms with Gasteiger partial charge in [0.1, 0.15) is 17.2 Å². The molecule has 5 heterocycles. The van der Waals surface area contributed by atoms with Gasteiger partial charge in [-0.15, -0.1) is 11.3 Å². The summed E-state index contributed by atoms with van der Waals surface area (Å²) in [4.78, 5) is 4.60. The molecule has 0 bridgehead atoms. The van der Waals surface area contributed by atoms with E-state index >= 15 is 0 Å². The third-order valence-corrected chi connectivity index (χ3v) is 15.9. The van der Waals surface area contributed by atoms with Crippen molar-refractivity contribution in [2.75, 3.05) is 0 Å². The van der Waals surface area contributed by atoms with E-state index in [1.165, 1.54) is 15.6 Å². The molecule has 70 heavy (non-hydrogen) atoms. The van der Waals surface area contributed by atoms with E-state index < -0.39 is 0 Å². The van der Waals surface area contributed by atoms with E-state index in [4.69, 9.17) is 8.83 Å². The molecule has 0 atom stereocenters. The van der Waals surface area contributed by atoms with Crippen LogP contribution in [0.2, 0.25) is 0 Å². The van der Waals surface area contributed by atoms with Crippen molar-refractivity contribution in [1.29, 1.82) is 5.26 Å². The second-order valence-corrected chi connectivity index (χ2v) is 19.1. The average molecular weight is 911 g/mol. The first-order chi connectivity index (χ1) is 34.6. The molecule has 6 nitrogen and oxygen atoms in total. The van der Waals surface area contributed by atoms with Gasteiger partial charge in [0.25, 0.3) is 0 Å². The van der Waals surface area contributed by atoms with Gasteiger partial charge in [-0.05, 0) is 53.9 Å². The monoisotopic (exact) mass is 910 g/mol. The van der Waals surface area contributed by atoms with E-state index in [0.717, 1.165) is 103 Å². The van der Waals surface area contributed by atoms with Crippen molar-refractivity contribution >= 4 is 125 Å². The first kappa shape index (κ1) is 38.7. The standard InChI is InChI=1S/C63H34N4O2S/c1-35-16-15-24-46-47-33-30-41-38-21-9-12-25-49(38)66(58(41)63(47)70-62(35)46)55-48(34-64)52(36-17-5-3-6-18-36)54(65-2)59(53(55)37-19-7-4-8-20-37)67-56-42(28-31-44-39-22-10-13-26-50(39)68-60(44)56)43-29-32-45-40-23-11-14-27-51(40)69-61(45)57(43)67/h3-33H,1H3. The molecular weight excluding hydrogens is 877 g/mol. The average Bonchev–Trinajstić information content (AvgIpc) is 4.23. The molecule has 0 saturated carbocycles. The molecule has 15 aromatic rings.